The minimum absolute atomic E-state index is 0.0127. The largest absolute Gasteiger partial charge is 0.507 e. The van der Waals surface area contributed by atoms with Gasteiger partial charge in [0.2, 0.25) is 0 Å². The third-order valence-corrected chi connectivity index (χ3v) is 6.35. The number of nitrogens with one attached hydrogen (secondary N) is 1. The van der Waals surface area contributed by atoms with Crippen molar-refractivity contribution in [2.45, 2.75) is 71.0 Å². The topological polar surface area (TPSA) is 95.9 Å². The second kappa shape index (κ2) is 14.0. The van der Waals surface area contributed by atoms with Crippen LogP contribution >= 0.6 is 11.8 Å². The summed E-state index contributed by atoms with van der Waals surface area (Å²) in [6.45, 7) is 4.09. The van der Waals surface area contributed by atoms with Crippen molar-refractivity contribution in [3.63, 3.8) is 0 Å². The fraction of sp³-hybridized carbons (Fsp3) is 0.520. The maximum absolute atomic E-state index is 12.9. The quantitative estimate of drug-likeness (QED) is 0.288. The van der Waals surface area contributed by atoms with E-state index in [4.69, 9.17) is 4.74 Å². The first kappa shape index (κ1) is 26.0. The van der Waals surface area contributed by atoms with Crippen molar-refractivity contribution in [1.29, 1.82) is 0 Å². The van der Waals surface area contributed by atoms with E-state index in [9.17, 15) is 19.8 Å². The van der Waals surface area contributed by atoms with Gasteiger partial charge in [-0.15, -0.1) is 0 Å². The van der Waals surface area contributed by atoms with Crippen molar-refractivity contribution in [3.05, 3.63) is 53.8 Å². The summed E-state index contributed by atoms with van der Waals surface area (Å²) in [4.78, 5) is 24.7. The highest BCUT2D eigenvalue weighted by molar-refractivity contribution is 8.13. The molecule has 1 aromatic rings. The summed E-state index contributed by atoms with van der Waals surface area (Å²) in [7, 11) is 0. The summed E-state index contributed by atoms with van der Waals surface area (Å²) in [5.74, 6) is 0.0722. The van der Waals surface area contributed by atoms with Gasteiger partial charge in [0.25, 0.3) is 5.24 Å². The van der Waals surface area contributed by atoms with Gasteiger partial charge in [0.15, 0.2) is 0 Å². The number of cyclic esters (lactones) is 1. The van der Waals surface area contributed by atoms with Crippen LogP contribution in [-0.4, -0.2) is 39.4 Å². The second-order valence-corrected chi connectivity index (χ2v) is 9.22. The Hall–Kier alpha value is -2.25. The Labute approximate surface area is 195 Å². The number of aromatic hydroxyl groups is 1. The number of phenolic OH excluding ortho intramolecular Hbond substituents is 1. The van der Waals surface area contributed by atoms with E-state index in [0.717, 1.165) is 25.0 Å². The lowest BCUT2D eigenvalue weighted by atomic mass is 9.94. The first-order valence-corrected chi connectivity index (χ1v) is 12.3. The smallest absolute Gasteiger partial charge is 0.342 e. The zero-order valence-corrected chi connectivity index (χ0v) is 19.8. The first-order chi connectivity index (χ1) is 15.4. The number of allylic oxidation sites excluding steroid dienone is 2. The maximum atomic E-state index is 12.9. The highest BCUT2D eigenvalue weighted by Gasteiger charge is 2.25. The lowest BCUT2D eigenvalue weighted by Crippen LogP contribution is -2.28. The summed E-state index contributed by atoms with van der Waals surface area (Å²) in [6.07, 6.45) is 11.1. The third kappa shape index (κ3) is 8.71. The van der Waals surface area contributed by atoms with Crippen LogP contribution in [0.1, 0.15) is 68.3 Å². The predicted molar refractivity (Wildman–Crippen MR) is 129 cm³/mol. The van der Waals surface area contributed by atoms with Crippen molar-refractivity contribution in [2.75, 3.05) is 5.75 Å². The Bertz CT molecular complexity index is 808. The molecule has 0 bridgehead atoms. The van der Waals surface area contributed by atoms with E-state index in [0.29, 0.717) is 24.8 Å². The molecule has 0 radical (unpaired) electrons. The molecule has 0 saturated carbocycles. The van der Waals surface area contributed by atoms with Crippen molar-refractivity contribution < 1.29 is 24.5 Å². The van der Waals surface area contributed by atoms with Gasteiger partial charge in [0, 0.05) is 24.8 Å². The Morgan fingerprint density at radius 2 is 2.12 bits per heavy atom. The summed E-state index contributed by atoms with van der Waals surface area (Å²) < 4.78 is 5.70. The van der Waals surface area contributed by atoms with E-state index in [1.165, 1.54) is 17.8 Å². The van der Waals surface area contributed by atoms with Gasteiger partial charge >= 0.3 is 5.97 Å². The lowest BCUT2D eigenvalue weighted by Gasteiger charge is -2.24. The van der Waals surface area contributed by atoms with Gasteiger partial charge in [-0.1, -0.05) is 68.8 Å². The predicted octanol–water partition coefficient (Wildman–Crippen LogP) is 5.34. The van der Waals surface area contributed by atoms with Crippen LogP contribution in [0, 0.1) is 5.92 Å². The third-order valence-electron chi connectivity index (χ3n) is 5.48. The Morgan fingerprint density at radius 3 is 2.91 bits per heavy atom. The number of carbonyl (C=O) groups is 2. The molecule has 0 aliphatic carbocycles. The number of unbranched alkanes of at least 4 members (excludes halogenated alkanes) is 2. The van der Waals surface area contributed by atoms with Crippen LogP contribution in [0.15, 0.2) is 42.6 Å². The van der Waals surface area contributed by atoms with E-state index >= 15 is 0 Å². The van der Waals surface area contributed by atoms with Crippen molar-refractivity contribution >= 4 is 23.0 Å². The number of aliphatic hydroxyl groups is 1. The molecule has 1 aliphatic heterocycles. The van der Waals surface area contributed by atoms with Crippen LogP contribution in [0.3, 0.4) is 0 Å². The van der Waals surface area contributed by atoms with Crippen LogP contribution in [0.4, 0.5) is 4.79 Å². The summed E-state index contributed by atoms with van der Waals surface area (Å²) >= 11 is 1.25. The molecule has 32 heavy (non-hydrogen) atoms. The molecular formula is C25H35NO5S. The summed E-state index contributed by atoms with van der Waals surface area (Å²) in [6, 6.07) is 4.97. The van der Waals surface area contributed by atoms with E-state index in [1.54, 1.807) is 24.4 Å². The molecule has 0 fully saturated rings. The normalized spacial score (nSPS) is 23.0. The highest BCUT2D eigenvalue weighted by atomic mass is 32.2. The first-order valence-electron chi connectivity index (χ1n) is 11.4. The van der Waals surface area contributed by atoms with Crippen LogP contribution in [-0.2, 0) is 11.2 Å². The van der Waals surface area contributed by atoms with Gasteiger partial charge in [-0.2, -0.15) is 0 Å². The number of rotatable bonds is 7. The molecular weight excluding hydrogens is 426 g/mol. The molecule has 0 aromatic heterocycles. The lowest BCUT2D eigenvalue weighted by molar-refractivity contribution is 0.00679. The van der Waals surface area contributed by atoms with Crippen LogP contribution in [0.2, 0.25) is 0 Å². The number of fused-ring (bicyclic) bond motifs is 1. The average Bonchev–Trinajstić information content (AvgIpc) is 2.76. The maximum Gasteiger partial charge on any atom is 0.342 e. The number of phenols is 1. The second-order valence-electron chi connectivity index (χ2n) is 8.16. The minimum atomic E-state index is -0.641. The summed E-state index contributed by atoms with van der Waals surface area (Å²) in [5.41, 5.74) is 0.854. The molecule has 1 aromatic carbocycles. The van der Waals surface area contributed by atoms with Crippen LogP contribution in [0.5, 0.6) is 5.75 Å². The minimum Gasteiger partial charge on any atom is -0.507 e. The SMILES string of the molecule is CCCCCSC(=O)N/C=C/CC1C[C@@H](O)[C@@H](C)C/C=C/Cc2cccc(O)c2C(=O)O1. The van der Waals surface area contributed by atoms with Crippen molar-refractivity contribution in [3.8, 4) is 5.75 Å². The molecule has 6 nitrogen and oxygen atoms in total. The van der Waals surface area contributed by atoms with Gasteiger partial charge in [-0.3, -0.25) is 4.79 Å². The number of hydrogen-bond donors (Lipinski definition) is 3. The molecule has 0 spiro atoms. The standard InChI is InChI=1S/C25H35NO5S/c1-3-4-7-16-32-25(30)26-15-9-13-20-17-22(28)18(2)10-5-6-11-19-12-8-14-21(27)23(19)24(29)31-20/h5-6,8-9,12,14-15,18,20,22,27-28H,3-4,7,10-11,13,16-17H2,1-2H3,(H,26,30)/b6-5+,15-9+/t18-,20?,22+/m0/s1. The number of esters is 1. The molecule has 2 rings (SSSR count). The average molecular weight is 462 g/mol. The Balaban J connectivity index is 2.05. The van der Waals surface area contributed by atoms with E-state index in [1.807, 2.05) is 19.1 Å². The number of hydrogen-bond acceptors (Lipinski definition) is 6. The number of amides is 1. The monoisotopic (exact) mass is 461 g/mol. The number of ether oxygens (including phenoxy) is 1. The van der Waals surface area contributed by atoms with E-state index in [-0.39, 0.29) is 28.9 Å². The van der Waals surface area contributed by atoms with Gasteiger partial charge in [-0.25, -0.2) is 4.79 Å². The van der Waals surface area contributed by atoms with Crippen LogP contribution < -0.4 is 5.32 Å². The number of aliphatic hydroxyl groups excluding tert-OH is 1. The van der Waals surface area contributed by atoms with Gasteiger partial charge in [0.1, 0.15) is 17.4 Å². The number of benzene rings is 1. The molecule has 1 aliphatic rings. The zero-order valence-electron chi connectivity index (χ0n) is 19.0. The molecule has 0 saturated heterocycles. The van der Waals surface area contributed by atoms with Crippen molar-refractivity contribution in [2.24, 2.45) is 5.92 Å². The Kier molecular flexibility index (Phi) is 11.4. The van der Waals surface area contributed by atoms with E-state index in [2.05, 4.69) is 12.2 Å². The molecule has 1 heterocycles. The van der Waals surface area contributed by atoms with Gasteiger partial charge in [0.05, 0.1) is 6.10 Å². The fourth-order valence-corrected chi connectivity index (χ4v) is 4.17. The van der Waals surface area contributed by atoms with Gasteiger partial charge < -0.3 is 20.3 Å². The van der Waals surface area contributed by atoms with Crippen LogP contribution in [0.25, 0.3) is 0 Å². The fourth-order valence-electron chi connectivity index (χ4n) is 3.48. The molecule has 176 valence electrons. The zero-order chi connectivity index (χ0) is 23.3. The summed E-state index contributed by atoms with van der Waals surface area (Å²) in [5, 5.41) is 23.4. The molecule has 1 amide bonds. The molecule has 7 heteroatoms. The molecule has 1 unspecified atom stereocenters. The van der Waals surface area contributed by atoms with Gasteiger partial charge in [-0.05, 0) is 36.8 Å². The molecule has 3 N–H and O–H groups in total. The van der Waals surface area contributed by atoms with Crippen molar-refractivity contribution in [1.82, 2.24) is 5.32 Å². The number of carbonyl (C=O) groups excluding carboxylic acids is 2. The number of thioether (sulfide) groups is 1. The molecule has 3 atom stereocenters. The highest BCUT2D eigenvalue weighted by Crippen LogP contribution is 2.26. The van der Waals surface area contributed by atoms with E-state index < -0.39 is 18.2 Å². The Morgan fingerprint density at radius 1 is 1.31 bits per heavy atom.